The Morgan fingerprint density at radius 2 is 2.33 bits per heavy atom. The van der Waals surface area contributed by atoms with Gasteiger partial charge in [0.25, 0.3) is 11.8 Å². The van der Waals surface area contributed by atoms with Gasteiger partial charge in [-0.3, -0.25) is 14.6 Å². The number of pyridine rings is 1. The number of primary amides is 1. The molecule has 0 spiro atoms. The van der Waals surface area contributed by atoms with Gasteiger partial charge >= 0.3 is 0 Å². The molecule has 6 heteroatoms. The van der Waals surface area contributed by atoms with E-state index >= 15 is 0 Å². The molecule has 1 fully saturated rings. The van der Waals surface area contributed by atoms with Gasteiger partial charge in [-0.25, -0.2) is 0 Å². The summed E-state index contributed by atoms with van der Waals surface area (Å²) in [5.41, 5.74) is 4.67. The fourth-order valence-electron chi connectivity index (χ4n) is 1.86. The lowest BCUT2D eigenvalue weighted by Crippen LogP contribution is -2.58. The van der Waals surface area contributed by atoms with Crippen LogP contribution in [0.4, 0.5) is 0 Å². The second kappa shape index (κ2) is 4.73. The monoisotopic (exact) mass is 249 g/mol. The van der Waals surface area contributed by atoms with Crippen molar-refractivity contribution in [3.05, 3.63) is 30.1 Å². The molecule has 1 aliphatic heterocycles. The van der Waals surface area contributed by atoms with E-state index in [9.17, 15) is 9.59 Å². The summed E-state index contributed by atoms with van der Waals surface area (Å²) in [4.78, 5) is 29.0. The topological polar surface area (TPSA) is 85.5 Å². The zero-order valence-electron chi connectivity index (χ0n) is 10.1. The summed E-state index contributed by atoms with van der Waals surface area (Å²) in [7, 11) is 0. The van der Waals surface area contributed by atoms with Gasteiger partial charge in [0.2, 0.25) is 0 Å². The highest BCUT2D eigenvalue weighted by atomic mass is 16.5. The van der Waals surface area contributed by atoms with E-state index in [1.807, 2.05) is 0 Å². The molecule has 0 bridgehead atoms. The third-order valence-corrected chi connectivity index (χ3v) is 2.99. The van der Waals surface area contributed by atoms with E-state index in [0.717, 1.165) is 0 Å². The number of rotatable bonds is 2. The first kappa shape index (κ1) is 12.5. The van der Waals surface area contributed by atoms with Crippen LogP contribution < -0.4 is 5.73 Å². The Hall–Kier alpha value is -1.95. The van der Waals surface area contributed by atoms with Crippen molar-refractivity contribution in [2.75, 3.05) is 19.7 Å². The maximum absolute atomic E-state index is 12.2. The second-order valence-electron chi connectivity index (χ2n) is 4.41. The Bertz CT molecular complexity index is 463. The van der Waals surface area contributed by atoms with E-state index in [1.54, 1.807) is 30.2 Å². The van der Waals surface area contributed by atoms with Crippen molar-refractivity contribution in [3.63, 3.8) is 0 Å². The maximum Gasteiger partial charge on any atom is 0.255 e. The van der Waals surface area contributed by atoms with Gasteiger partial charge in [0.15, 0.2) is 5.60 Å². The van der Waals surface area contributed by atoms with Crippen LogP contribution in [0.1, 0.15) is 17.3 Å². The first-order valence-electron chi connectivity index (χ1n) is 5.66. The minimum absolute atomic E-state index is 0.163. The van der Waals surface area contributed by atoms with Crippen molar-refractivity contribution in [3.8, 4) is 0 Å². The summed E-state index contributed by atoms with van der Waals surface area (Å²) >= 11 is 0. The molecule has 96 valence electrons. The second-order valence-corrected chi connectivity index (χ2v) is 4.41. The van der Waals surface area contributed by atoms with Crippen LogP contribution in [0.5, 0.6) is 0 Å². The molecule has 1 aliphatic rings. The maximum atomic E-state index is 12.2. The SMILES string of the molecule is C[C@]1(C(N)=O)CN(C(=O)c2cccnc2)CCO1. The highest BCUT2D eigenvalue weighted by molar-refractivity contribution is 5.94. The zero-order chi connectivity index (χ0) is 13.2. The fraction of sp³-hybridized carbons (Fsp3) is 0.417. The molecule has 0 saturated carbocycles. The predicted octanol–water partition coefficient (Wildman–Crippen LogP) is -0.202. The standard InChI is InChI=1S/C12H15N3O3/c1-12(11(13)17)8-15(5-6-18-12)10(16)9-3-2-4-14-7-9/h2-4,7H,5-6,8H2,1H3,(H2,13,17)/t12-/m1/s1. The van der Waals surface area contributed by atoms with Crippen LogP contribution >= 0.6 is 0 Å². The molecule has 2 amide bonds. The van der Waals surface area contributed by atoms with E-state index in [0.29, 0.717) is 18.7 Å². The van der Waals surface area contributed by atoms with Gasteiger partial charge < -0.3 is 15.4 Å². The number of carbonyl (C=O) groups excluding carboxylic acids is 2. The van der Waals surface area contributed by atoms with Crippen LogP contribution in [-0.2, 0) is 9.53 Å². The highest BCUT2D eigenvalue weighted by Crippen LogP contribution is 2.18. The van der Waals surface area contributed by atoms with E-state index in [1.165, 1.54) is 6.20 Å². The number of hydrogen-bond donors (Lipinski definition) is 1. The molecule has 0 aliphatic carbocycles. The molecule has 0 unspecified atom stereocenters. The van der Waals surface area contributed by atoms with Crippen molar-refractivity contribution >= 4 is 11.8 Å². The Morgan fingerprint density at radius 3 is 2.94 bits per heavy atom. The Kier molecular flexibility index (Phi) is 3.29. The smallest absolute Gasteiger partial charge is 0.255 e. The first-order valence-corrected chi connectivity index (χ1v) is 5.66. The molecule has 2 rings (SSSR count). The molecule has 1 aromatic rings. The van der Waals surface area contributed by atoms with Crippen LogP contribution in [0, 0.1) is 0 Å². The van der Waals surface area contributed by atoms with Gasteiger partial charge in [-0.05, 0) is 19.1 Å². The Balaban J connectivity index is 2.15. The molecule has 0 aromatic carbocycles. The van der Waals surface area contributed by atoms with Gasteiger partial charge in [0.1, 0.15) is 0 Å². The van der Waals surface area contributed by atoms with Gasteiger partial charge in [0, 0.05) is 18.9 Å². The van der Waals surface area contributed by atoms with Crippen molar-refractivity contribution in [2.45, 2.75) is 12.5 Å². The third-order valence-electron chi connectivity index (χ3n) is 2.99. The van der Waals surface area contributed by atoms with Crippen molar-refractivity contribution in [1.29, 1.82) is 0 Å². The predicted molar refractivity (Wildman–Crippen MR) is 63.7 cm³/mol. The third kappa shape index (κ3) is 2.33. The van der Waals surface area contributed by atoms with Crippen molar-refractivity contribution in [2.24, 2.45) is 5.73 Å². The number of nitrogens with zero attached hydrogens (tertiary/aromatic N) is 2. The number of carbonyl (C=O) groups is 2. The summed E-state index contributed by atoms with van der Waals surface area (Å²) in [5.74, 6) is -0.731. The largest absolute Gasteiger partial charge is 0.367 e. The first-order chi connectivity index (χ1) is 8.53. The lowest BCUT2D eigenvalue weighted by Gasteiger charge is -2.38. The van der Waals surface area contributed by atoms with Gasteiger partial charge in [-0.15, -0.1) is 0 Å². The quantitative estimate of drug-likeness (QED) is 0.786. The number of ether oxygens (including phenoxy) is 1. The normalized spacial score (nSPS) is 23.7. The molecular weight excluding hydrogens is 234 g/mol. The van der Waals surface area contributed by atoms with Crippen LogP contribution in [0.15, 0.2) is 24.5 Å². The number of hydrogen-bond acceptors (Lipinski definition) is 4. The summed E-state index contributed by atoms with van der Waals surface area (Å²) < 4.78 is 5.36. The van der Waals surface area contributed by atoms with Crippen LogP contribution in [0.3, 0.4) is 0 Å². The van der Waals surface area contributed by atoms with Crippen LogP contribution in [0.25, 0.3) is 0 Å². The molecule has 1 atom stereocenters. The molecule has 18 heavy (non-hydrogen) atoms. The zero-order valence-corrected chi connectivity index (χ0v) is 10.1. The molecule has 1 aromatic heterocycles. The van der Waals surface area contributed by atoms with Gasteiger partial charge in [0.05, 0.1) is 18.7 Å². The number of nitrogens with two attached hydrogens (primary N) is 1. The molecule has 6 nitrogen and oxygen atoms in total. The van der Waals surface area contributed by atoms with E-state index < -0.39 is 11.5 Å². The Labute approximate surface area is 105 Å². The van der Waals surface area contributed by atoms with E-state index in [4.69, 9.17) is 10.5 Å². The Morgan fingerprint density at radius 1 is 1.56 bits per heavy atom. The average Bonchev–Trinajstić information content (AvgIpc) is 2.39. The van der Waals surface area contributed by atoms with Gasteiger partial charge in [-0.1, -0.05) is 0 Å². The lowest BCUT2D eigenvalue weighted by molar-refractivity contribution is -0.150. The van der Waals surface area contributed by atoms with Crippen molar-refractivity contribution in [1.82, 2.24) is 9.88 Å². The minimum Gasteiger partial charge on any atom is -0.367 e. The number of aromatic nitrogens is 1. The van der Waals surface area contributed by atoms with Crippen LogP contribution in [-0.4, -0.2) is 47.0 Å². The summed E-state index contributed by atoms with van der Waals surface area (Å²) in [6, 6.07) is 3.38. The average molecular weight is 249 g/mol. The molecule has 1 saturated heterocycles. The minimum atomic E-state index is -1.11. The summed E-state index contributed by atoms with van der Waals surface area (Å²) in [5, 5.41) is 0. The molecule has 2 heterocycles. The summed E-state index contributed by atoms with van der Waals surface area (Å²) in [6.45, 7) is 2.50. The number of morpholine rings is 1. The van der Waals surface area contributed by atoms with Crippen molar-refractivity contribution < 1.29 is 14.3 Å². The number of amides is 2. The van der Waals surface area contributed by atoms with Crippen LogP contribution in [0.2, 0.25) is 0 Å². The van der Waals surface area contributed by atoms with E-state index in [2.05, 4.69) is 4.98 Å². The van der Waals surface area contributed by atoms with Gasteiger partial charge in [-0.2, -0.15) is 0 Å². The molecular formula is C12H15N3O3. The summed E-state index contributed by atoms with van der Waals surface area (Å²) in [6.07, 6.45) is 3.10. The highest BCUT2D eigenvalue weighted by Gasteiger charge is 2.39. The fourth-order valence-corrected chi connectivity index (χ4v) is 1.86. The lowest BCUT2D eigenvalue weighted by atomic mass is 10.0. The molecule has 2 N–H and O–H groups in total. The molecule has 0 radical (unpaired) electrons. The van der Waals surface area contributed by atoms with E-state index in [-0.39, 0.29) is 12.5 Å².